The Morgan fingerprint density at radius 2 is 1.61 bits per heavy atom. The van der Waals surface area contributed by atoms with Gasteiger partial charge in [0, 0.05) is 40.7 Å². The van der Waals surface area contributed by atoms with Gasteiger partial charge in [-0.2, -0.15) is 0 Å². The molecule has 6 aromatic rings. The molecule has 0 aliphatic heterocycles. The smallest absolute Gasteiger partial charge is 0.228 e. The molecule has 202 valence electrons. The Labute approximate surface area is 235 Å². The summed E-state index contributed by atoms with van der Waals surface area (Å²) in [4.78, 5) is 12.8. The van der Waals surface area contributed by atoms with Crippen LogP contribution in [0.15, 0.2) is 108 Å². The summed E-state index contributed by atoms with van der Waals surface area (Å²) < 4.78 is 30.2. The molecule has 0 spiro atoms. The second kappa shape index (κ2) is 10.6. The molecule has 0 aliphatic rings. The molecular weight excluding hydrogens is 538 g/mol. The molecule has 0 bridgehead atoms. The van der Waals surface area contributed by atoms with Gasteiger partial charge >= 0.3 is 0 Å². The van der Waals surface area contributed by atoms with Gasteiger partial charge in [-0.1, -0.05) is 36.4 Å². The molecule has 10 nitrogen and oxygen atoms in total. The molecule has 0 aliphatic carbocycles. The number of nitrogens with two attached hydrogens (primary N) is 1. The van der Waals surface area contributed by atoms with Crippen molar-refractivity contribution in [1.29, 1.82) is 0 Å². The molecule has 41 heavy (non-hydrogen) atoms. The fraction of sp³-hybridized carbons (Fsp3) is 0.0333. The Hall–Kier alpha value is -5.42. The molecule has 0 saturated heterocycles. The first-order chi connectivity index (χ1) is 19.8. The van der Waals surface area contributed by atoms with Crippen molar-refractivity contribution >= 4 is 38.1 Å². The third kappa shape index (κ3) is 5.52. The summed E-state index contributed by atoms with van der Waals surface area (Å²) in [5.74, 6) is 1.69. The molecule has 0 fully saturated rings. The highest BCUT2D eigenvalue weighted by Gasteiger charge is 2.15. The van der Waals surface area contributed by atoms with E-state index in [9.17, 15) is 8.42 Å². The van der Waals surface area contributed by atoms with Crippen molar-refractivity contribution in [3.05, 3.63) is 103 Å². The van der Waals surface area contributed by atoms with Crippen LogP contribution in [-0.4, -0.2) is 39.8 Å². The maximum absolute atomic E-state index is 12.1. The summed E-state index contributed by atoms with van der Waals surface area (Å²) >= 11 is 0. The highest BCUT2D eigenvalue weighted by molar-refractivity contribution is 7.90. The zero-order valence-corrected chi connectivity index (χ0v) is 22.6. The summed E-state index contributed by atoms with van der Waals surface area (Å²) in [6.45, 7) is 0. The van der Waals surface area contributed by atoms with Crippen molar-refractivity contribution in [1.82, 2.24) is 25.1 Å². The highest BCUT2D eigenvalue weighted by atomic mass is 32.2. The van der Waals surface area contributed by atoms with Gasteiger partial charge in [0.15, 0.2) is 15.7 Å². The predicted octanol–water partition coefficient (Wildman–Crippen LogP) is 5.67. The van der Waals surface area contributed by atoms with Crippen LogP contribution in [0, 0.1) is 0 Å². The number of sulfone groups is 1. The van der Waals surface area contributed by atoms with Crippen molar-refractivity contribution in [2.45, 2.75) is 4.90 Å². The number of fused-ring (bicyclic) bond motifs is 1. The number of anilines is 3. The van der Waals surface area contributed by atoms with Crippen molar-refractivity contribution in [2.24, 2.45) is 0 Å². The van der Waals surface area contributed by atoms with E-state index in [2.05, 4.69) is 30.5 Å². The molecule has 11 heteroatoms. The first kappa shape index (κ1) is 25.8. The Bertz CT molecular complexity index is 2000. The van der Waals surface area contributed by atoms with Gasteiger partial charge in [-0.15, -0.1) is 10.2 Å². The number of nitrogens with zero attached hydrogens (tertiary/aromatic N) is 5. The normalized spacial score (nSPS) is 11.3. The van der Waals surface area contributed by atoms with Gasteiger partial charge in [0.2, 0.25) is 11.8 Å². The van der Waals surface area contributed by atoms with Crippen LogP contribution in [0.5, 0.6) is 11.6 Å². The number of pyridine rings is 1. The van der Waals surface area contributed by atoms with Crippen molar-refractivity contribution in [3.63, 3.8) is 0 Å². The third-order valence-electron chi connectivity index (χ3n) is 6.28. The standard InChI is InChI=1S/C30H23N7O3S/c1-41(38,39)22-7-4-6-19(18-22)27-23-8-2-3-9-24(23)28(37-36-27)34-20-11-13-21(14-12-20)40-29-25(10-5-16-32-29)26-15-17-33-30(31)35-26/h2-18H,1H3,(H,34,37)(H2,31,33,35). The minimum atomic E-state index is -3.36. The fourth-order valence-corrected chi connectivity index (χ4v) is 5.00. The van der Waals surface area contributed by atoms with Gasteiger partial charge in [-0.05, 0) is 54.6 Å². The minimum absolute atomic E-state index is 0.166. The number of ether oxygens (including phenoxy) is 1. The molecule has 3 aromatic carbocycles. The molecule has 0 atom stereocenters. The van der Waals surface area contributed by atoms with E-state index in [1.807, 2.05) is 60.7 Å². The Morgan fingerprint density at radius 1 is 0.805 bits per heavy atom. The number of hydrogen-bond acceptors (Lipinski definition) is 10. The van der Waals surface area contributed by atoms with E-state index in [1.165, 1.54) is 6.26 Å². The monoisotopic (exact) mass is 561 g/mol. The second-order valence-corrected chi connectivity index (χ2v) is 11.2. The van der Waals surface area contributed by atoms with Crippen LogP contribution in [-0.2, 0) is 9.84 Å². The summed E-state index contributed by atoms with van der Waals surface area (Å²) in [5, 5.41) is 13.9. The van der Waals surface area contributed by atoms with E-state index < -0.39 is 9.84 Å². The molecule has 0 radical (unpaired) electrons. The first-order valence-electron chi connectivity index (χ1n) is 12.5. The lowest BCUT2D eigenvalue weighted by molar-refractivity contribution is 0.465. The largest absolute Gasteiger partial charge is 0.438 e. The van der Waals surface area contributed by atoms with Gasteiger partial charge in [0.05, 0.1) is 16.2 Å². The molecule has 3 N–H and O–H groups in total. The topological polar surface area (TPSA) is 146 Å². The van der Waals surface area contributed by atoms with Crippen LogP contribution in [0.3, 0.4) is 0 Å². The van der Waals surface area contributed by atoms with Gasteiger partial charge in [-0.25, -0.2) is 23.4 Å². The van der Waals surface area contributed by atoms with Crippen LogP contribution in [0.2, 0.25) is 0 Å². The Balaban J connectivity index is 1.27. The maximum atomic E-state index is 12.1. The summed E-state index contributed by atoms with van der Waals surface area (Å²) in [6.07, 6.45) is 4.41. The molecule has 0 saturated carbocycles. The average molecular weight is 562 g/mol. The van der Waals surface area contributed by atoms with Crippen molar-refractivity contribution in [2.75, 3.05) is 17.3 Å². The molecule has 6 rings (SSSR count). The second-order valence-electron chi connectivity index (χ2n) is 9.15. The average Bonchev–Trinajstić information content (AvgIpc) is 2.98. The van der Waals surface area contributed by atoms with Gasteiger partial charge in [0.25, 0.3) is 0 Å². The lowest BCUT2D eigenvalue weighted by Crippen LogP contribution is -2.01. The van der Waals surface area contributed by atoms with Crippen LogP contribution < -0.4 is 15.8 Å². The maximum Gasteiger partial charge on any atom is 0.228 e. The Kier molecular flexibility index (Phi) is 6.70. The minimum Gasteiger partial charge on any atom is -0.438 e. The number of nitrogens with one attached hydrogen (secondary N) is 1. The van der Waals surface area contributed by atoms with Gasteiger partial charge in [0.1, 0.15) is 11.4 Å². The summed E-state index contributed by atoms with van der Waals surface area (Å²) in [5.41, 5.74) is 9.08. The zero-order chi connectivity index (χ0) is 28.4. The van der Waals surface area contributed by atoms with E-state index >= 15 is 0 Å². The zero-order valence-electron chi connectivity index (χ0n) is 21.8. The first-order valence-corrected chi connectivity index (χ1v) is 14.4. The van der Waals surface area contributed by atoms with E-state index in [4.69, 9.17) is 10.5 Å². The SMILES string of the molecule is CS(=O)(=O)c1cccc(-c2nnc(Nc3ccc(Oc4ncccc4-c4ccnc(N)n4)cc3)c3ccccc23)c1. The van der Waals surface area contributed by atoms with E-state index in [0.29, 0.717) is 40.0 Å². The van der Waals surface area contributed by atoms with Gasteiger partial charge < -0.3 is 15.8 Å². The van der Waals surface area contributed by atoms with Crippen LogP contribution in [0.4, 0.5) is 17.5 Å². The van der Waals surface area contributed by atoms with Crippen molar-refractivity contribution in [3.8, 4) is 34.1 Å². The van der Waals surface area contributed by atoms with Crippen LogP contribution >= 0.6 is 0 Å². The number of nitrogen functional groups attached to an aromatic ring is 1. The number of hydrogen-bond donors (Lipinski definition) is 2. The molecule has 0 unspecified atom stereocenters. The van der Waals surface area contributed by atoms with Gasteiger partial charge in [-0.3, -0.25) is 0 Å². The fourth-order valence-electron chi connectivity index (χ4n) is 4.33. The summed E-state index contributed by atoms with van der Waals surface area (Å²) in [7, 11) is -3.36. The van der Waals surface area contributed by atoms with Crippen molar-refractivity contribution < 1.29 is 13.2 Å². The third-order valence-corrected chi connectivity index (χ3v) is 7.39. The molecular formula is C30H23N7O3S. The highest BCUT2D eigenvalue weighted by Crippen LogP contribution is 2.34. The van der Waals surface area contributed by atoms with E-state index in [-0.39, 0.29) is 10.8 Å². The quantitative estimate of drug-likeness (QED) is 0.250. The van der Waals surface area contributed by atoms with E-state index in [0.717, 1.165) is 16.5 Å². The number of aromatic nitrogens is 5. The molecule has 3 heterocycles. The number of benzene rings is 3. The van der Waals surface area contributed by atoms with Crippen LogP contribution in [0.1, 0.15) is 0 Å². The molecule has 3 aromatic heterocycles. The van der Waals surface area contributed by atoms with E-state index in [1.54, 1.807) is 42.7 Å². The summed E-state index contributed by atoms with van der Waals surface area (Å²) in [6, 6.07) is 27.2. The number of rotatable bonds is 7. The Morgan fingerprint density at radius 3 is 2.39 bits per heavy atom. The predicted molar refractivity (Wildman–Crippen MR) is 158 cm³/mol. The lowest BCUT2D eigenvalue weighted by atomic mass is 10.0. The van der Waals surface area contributed by atoms with Crippen LogP contribution in [0.25, 0.3) is 33.3 Å². The molecule has 0 amide bonds. The lowest BCUT2D eigenvalue weighted by Gasteiger charge is -2.13.